The largest absolute Gasteiger partial charge is 0.371 e. The van der Waals surface area contributed by atoms with E-state index in [9.17, 15) is 0 Å². The van der Waals surface area contributed by atoms with E-state index in [1.54, 1.807) is 0 Å². The summed E-state index contributed by atoms with van der Waals surface area (Å²) in [5, 5.41) is 2.62. The van der Waals surface area contributed by atoms with Gasteiger partial charge in [-0.05, 0) is 38.6 Å². The molecule has 0 amide bonds. The second kappa shape index (κ2) is 5.62. The lowest BCUT2D eigenvalue weighted by molar-refractivity contribution is 0.475. The van der Waals surface area contributed by atoms with Gasteiger partial charge in [0.25, 0.3) is 0 Å². The first-order valence-electron chi connectivity index (χ1n) is 7.03. The van der Waals surface area contributed by atoms with Crippen molar-refractivity contribution in [2.24, 2.45) is 5.73 Å². The summed E-state index contributed by atoms with van der Waals surface area (Å²) in [4.78, 5) is 2.41. The first kappa shape index (κ1) is 13.9. The summed E-state index contributed by atoms with van der Waals surface area (Å²) in [5.41, 5.74) is 7.30. The lowest BCUT2D eigenvalue weighted by atomic mass is 10.0. The molecule has 0 aliphatic carbocycles. The van der Waals surface area contributed by atoms with Crippen molar-refractivity contribution in [3.63, 3.8) is 0 Å². The minimum Gasteiger partial charge on any atom is -0.371 e. The second-order valence-electron chi connectivity index (χ2n) is 5.82. The average molecular weight is 256 g/mol. The van der Waals surface area contributed by atoms with E-state index in [-0.39, 0.29) is 5.54 Å². The van der Waals surface area contributed by atoms with Crippen LogP contribution in [0.3, 0.4) is 0 Å². The molecule has 0 aromatic heterocycles. The van der Waals surface area contributed by atoms with Crippen molar-refractivity contribution in [1.82, 2.24) is 0 Å². The Kier molecular flexibility index (Phi) is 4.11. The smallest absolute Gasteiger partial charge is 0.0445 e. The van der Waals surface area contributed by atoms with Crippen molar-refractivity contribution in [3.05, 3.63) is 42.5 Å². The molecular weight excluding hydrogens is 232 g/mol. The minimum atomic E-state index is -0.113. The lowest BCUT2D eigenvalue weighted by Gasteiger charge is -2.28. The third-order valence-electron chi connectivity index (χ3n) is 3.52. The number of anilines is 1. The van der Waals surface area contributed by atoms with E-state index in [0.717, 1.165) is 19.5 Å². The van der Waals surface area contributed by atoms with Gasteiger partial charge in [0.05, 0.1) is 0 Å². The normalized spacial score (nSPS) is 11.8. The zero-order chi connectivity index (χ0) is 13.9. The fourth-order valence-corrected chi connectivity index (χ4v) is 2.36. The van der Waals surface area contributed by atoms with Crippen LogP contribution in [-0.2, 0) is 0 Å². The van der Waals surface area contributed by atoms with Gasteiger partial charge in [-0.1, -0.05) is 36.4 Å². The molecule has 0 radical (unpaired) electrons. The topological polar surface area (TPSA) is 29.3 Å². The van der Waals surface area contributed by atoms with Crippen molar-refractivity contribution >= 4 is 16.5 Å². The molecule has 0 atom stereocenters. The molecule has 2 aromatic carbocycles. The van der Waals surface area contributed by atoms with Gasteiger partial charge < -0.3 is 10.6 Å². The molecular formula is C17H24N2. The van der Waals surface area contributed by atoms with Gasteiger partial charge in [-0.25, -0.2) is 0 Å². The van der Waals surface area contributed by atoms with Gasteiger partial charge in [-0.2, -0.15) is 0 Å². The van der Waals surface area contributed by atoms with Crippen LogP contribution in [0.2, 0.25) is 0 Å². The molecule has 2 heteroatoms. The minimum absolute atomic E-state index is 0.113. The number of nitrogens with zero attached hydrogens (tertiary/aromatic N) is 1. The van der Waals surface area contributed by atoms with Gasteiger partial charge in [-0.15, -0.1) is 0 Å². The summed E-state index contributed by atoms with van der Waals surface area (Å²) in [6.07, 6.45) is 0.990. The Labute approximate surface area is 116 Å². The molecule has 0 unspecified atom stereocenters. The summed E-state index contributed by atoms with van der Waals surface area (Å²) < 4.78 is 0. The van der Waals surface area contributed by atoms with Gasteiger partial charge in [0.1, 0.15) is 0 Å². The molecule has 0 aliphatic heterocycles. The number of hydrogen-bond acceptors (Lipinski definition) is 2. The molecule has 0 saturated heterocycles. The number of fused-ring (bicyclic) bond motifs is 1. The fraction of sp³-hybridized carbons (Fsp3) is 0.412. The molecule has 0 heterocycles. The second-order valence-corrected chi connectivity index (χ2v) is 5.82. The maximum absolute atomic E-state index is 6.10. The molecule has 19 heavy (non-hydrogen) atoms. The average Bonchev–Trinajstić information content (AvgIpc) is 2.38. The monoisotopic (exact) mass is 256 g/mol. The van der Waals surface area contributed by atoms with Gasteiger partial charge in [0.2, 0.25) is 0 Å². The van der Waals surface area contributed by atoms with E-state index in [1.165, 1.54) is 16.5 Å². The summed E-state index contributed by atoms with van der Waals surface area (Å²) >= 11 is 0. The van der Waals surface area contributed by atoms with E-state index >= 15 is 0 Å². The molecule has 0 fully saturated rings. The van der Waals surface area contributed by atoms with Crippen molar-refractivity contribution in [2.45, 2.75) is 32.7 Å². The van der Waals surface area contributed by atoms with Crippen molar-refractivity contribution in [2.75, 3.05) is 18.0 Å². The molecule has 2 rings (SSSR count). The first-order chi connectivity index (χ1) is 9.01. The summed E-state index contributed by atoms with van der Waals surface area (Å²) in [6.45, 7) is 8.37. The van der Waals surface area contributed by atoms with Crippen LogP contribution in [0.5, 0.6) is 0 Å². The summed E-state index contributed by atoms with van der Waals surface area (Å²) in [5.74, 6) is 0. The molecule has 0 saturated carbocycles. The Bertz CT molecular complexity index is 535. The Morgan fingerprint density at radius 1 is 1.05 bits per heavy atom. The lowest BCUT2D eigenvalue weighted by Crippen LogP contribution is -2.37. The molecule has 2 aromatic rings. The first-order valence-corrected chi connectivity index (χ1v) is 7.03. The van der Waals surface area contributed by atoms with Gasteiger partial charge >= 0.3 is 0 Å². The highest BCUT2D eigenvalue weighted by molar-refractivity contribution is 5.94. The highest BCUT2D eigenvalue weighted by Gasteiger charge is 2.14. The van der Waals surface area contributed by atoms with E-state index in [0.29, 0.717) is 0 Å². The SMILES string of the molecule is CCN(CCC(C)(C)N)c1cccc2ccccc12. The molecule has 0 spiro atoms. The van der Waals surface area contributed by atoms with E-state index < -0.39 is 0 Å². The van der Waals surface area contributed by atoms with Gasteiger partial charge in [0.15, 0.2) is 0 Å². The maximum Gasteiger partial charge on any atom is 0.0445 e. The van der Waals surface area contributed by atoms with Gasteiger partial charge in [-0.3, -0.25) is 0 Å². The Hall–Kier alpha value is -1.54. The summed E-state index contributed by atoms with van der Waals surface area (Å²) in [6, 6.07) is 15.1. The molecule has 102 valence electrons. The van der Waals surface area contributed by atoms with Crippen LogP contribution in [0, 0.1) is 0 Å². The predicted octanol–water partition coefficient (Wildman–Crippen LogP) is 3.79. The Balaban J connectivity index is 2.30. The number of benzene rings is 2. The van der Waals surface area contributed by atoms with Crippen molar-refractivity contribution < 1.29 is 0 Å². The van der Waals surface area contributed by atoms with E-state index in [2.05, 4.69) is 68.1 Å². The zero-order valence-electron chi connectivity index (χ0n) is 12.2. The highest BCUT2D eigenvalue weighted by atomic mass is 15.1. The van der Waals surface area contributed by atoms with E-state index in [4.69, 9.17) is 5.73 Å². The van der Waals surface area contributed by atoms with Crippen LogP contribution >= 0.6 is 0 Å². The summed E-state index contributed by atoms with van der Waals surface area (Å²) in [7, 11) is 0. The van der Waals surface area contributed by atoms with Crippen LogP contribution in [0.15, 0.2) is 42.5 Å². The zero-order valence-corrected chi connectivity index (χ0v) is 12.2. The van der Waals surface area contributed by atoms with Crippen molar-refractivity contribution in [1.29, 1.82) is 0 Å². The number of nitrogens with two attached hydrogens (primary N) is 1. The Morgan fingerprint density at radius 2 is 1.74 bits per heavy atom. The molecule has 2 nitrogen and oxygen atoms in total. The third-order valence-corrected chi connectivity index (χ3v) is 3.52. The highest BCUT2D eigenvalue weighted by Crippen LogP contribution is 2.27. The van der Waals surface area contributed by atoms with Crippen molar-refractivity contribution in [3.8, 4) is 0 Å². The Morgan fingerprint density at radius 3 is 2.42 bits per heavy atom. The van der Waals surface area contributed by atoms with E-state index in [1.807, 2.05) is 0 Å². The van der Waals surface area contributed by atoms with Crippen LogP contribution in [0.4, 0.5) is 5.69 Å². The molecule has 0 bridgehead atoms. The fourth-order valence-electron chi connectivity index (χ4n) is 2.36. The van der Waals surface area contributed by atoms with Crippen LogP contribution in [-0.4, -0.2) is 18.6 Å². The van der Waals surface area contributed by atoms with Crippen LogP contribution < -0.4 is 10.6 Å². The standard InChI is InChI=1S/C17H24N2/c1-4-19(13-12-17(2,3)18)16-11-7-9-14-8-5-6-10-15(14)16/h5-11H,4,12-13,18H2,1-3H3. The van der Waals surface area contributed by atoms with Gasteiger partial charge in [0, 0.05) is 29.7 Å². The quantitative estimate of drug-likeness (QED) is 0.881. The number of hydrogen-bond donors (Lipinski definition) is 1. The maximum atomic E-state index is 6.10. The number of rotatable bonds is 5. The van der Waals surface area contributed by atoms with Crippen LogP contribution in [0.25, 0.3) is 10.8 Å². The predicted molar refractivity (Wildman–Crippen MR) is 84.7 cm³/mol. The van der Waals surface area contributed by atoms with Crippen LogP contribution in [0.1, 0.15) is 27.2 Å². The molecule has 0 aliphatic rings. The third kappa shape index (κ3) is 3.48. The molecule has 2 N–H and O–H groups in total.